The maximum atomic E-state index is 14.1. The summed E-state index contributed by atoms with van der Waals surface area (Å²) in [5.74, 6) is 1.28. The van der Waals surface area contributed by atoms with Crippen molar-refractivity contribution in [1.29, 1.82) is 0 Å². The smallest absolute Gasteiger partial charge is 0.191 e. The van der Waals surface area contributed by atoms with E-state index < -0.39 is 0 Å². The van der Waals surface area contributed by atoms with E-state index >= 15 is 0 Å². The average Bonchev–Trinajstić information content (AvgIpc) is 3.53. The van der Waals surface area contributed by atoms with Gasteiger partial charge in [0, 0.05) is 35.0 Å². The molecule has 2 aromatic heterocycles. The Morgan fingerprint density at radius 2 is 2.16 bits per heavy atom. The molecule has 0 aliphatic carbocycles. The Morgan fingerprint density at radius 1 is 1.26 bits per heavy atom. The minimum atomic E-state index is -0.360. The van der Waals surface area contributed by atoms with Crippen LogP contribution >= 0.6 is 11.8 Å². The predicted molar refractivity (Wildman–Crippen MR) is 119 cm³/mol. The second-order valence-electron chi connectivity index (χ2n) is 7.56. The van der Waals surface area contributed by atoms with Crippen molar-refractivity contribution in [3.8, 4) is 17.1 Å². The van der Waals surface area contributed by atoms with Crippen molar-refractivity contribution in [2.75, 3.05) is 13.7 Å². The number of fused-ring (bicyclic) bond motifs is 1. The molecule has 1 aliphatic rings. The summed E-state index contributed by atoms with van der Waals surface area (Å²) in [5, 5.41) is 10.9. The van der Waals surface area contributed by atoms with Crippen LogP contribution in [-0.4, -0.2) is 39.6 Å². The van der Waals surface area contributed by atoms with Crippen molar-refractivity contribution < 1.29 is 13.9 Å². The molecule has 3 heterocycles. The number of rotatable bonds is 7. The summed E-state index contributed by atoms with van der Waals surface area (Å²) in [5.41, 5.74) is 2.94. The monoisotopic (exact) mass is 438 g/mol. The zero-order valence-corrected chi connectivity index (χ0v) is 18.0. The molecular weight excluding hydrogens is 415 g/mol. The molecule has 31 heavy (non-hydrogen) atoms. The summed E-state index contributed by atoms with van der Waals surface area (Å²) in [6.45, 7) is 1.49. The van der Waals surface area contributed by atoms with E-state index in [0.29, 0.717) is 12.3 Å². The fourth-order valence-electron chi connectivity index (χ4n) is 3.96. The first-order chi connectivity index (χ1) is 15.2. The van der Waals surface area contributed by atoms with Crippen molar-refractivity contribution in [2.45, 2.75) is 36.4 Å². The molecule has 0 radical (unpaired) electrons. The Bertz CT molecular complexity index is 1200. The van der Waals surface area contributed by atoms with Gasteiger partial charge in [-0.3, -0.25) is 4.57 Å². The van der Waals surface area contributed by atoms with Crippen LogP contribution in [0, 0.1) is 5.82 Å². The molecule has 8 heteroatoms. The fourth-order valence-corrected chi connectivity index (χ4v) is 4.85. The van der Waals surface area contributed by atoms with Crippen LogP contribution in [0.2, 0.25) is 0 Å². The van der Waals surface area contributed by atoms with Crippen LogP contribution < -0.4 is 4.74 Å². The number of para-hydroxylation sites is 1. The van der Waals surface area contributed by atoms with Gasteiger partial charge in [0.05, 0.1) is 19.8 Å². The Morgan fingerprint density at radius 3 is 2.97 bits per heavy atom. The summed E-state index contributed by atoms with van der Waals surface area (Å²) >= 11 is 1.55. The van der Waals surface area contributed by atoms with Gasteiger partial charge in [0.15, 0.2) is 22.5 Å². The lowest BCUT2D eigenvalue weighted by molar-refractivity contribution is 0.0953. The molecule has 1 unspecified atom stereocenters. The van der Waals surface area contributed by atoms with Gasteiger partial charge in [-0.25, -0.2) is 4.39 Å². The molecule has 5 rings (SSSR count). The molecule has 0 spiro atoms. The van der Waals surface area contributed by atoms with Gasteiger partial charge in [-0.05, 0) is 36.6 Å². The third-order valence-corrected chi connectivity index (χ3v) is 6.58. The van der Waals surface area contributed by atoms with Gasteiger partial charge in [-0.15, -0.1) is 10.2 Å². The lowest BCUT2D eigenvalue weighted by Gasteiger charge is -2.14. The normalized spacial score (nSPS) is 16.3. The molecule has 6 nitrogen and oxygen atoms in total. The van der Waals surface area contributed by atoms with E-state index in [0.717, 1.165) is 52.5 Å². The number of thioether (sulfide) groups is 1. The van der Waals surface area contributed by atoms with Gasteiger partial charge >= 0.3 is 0 Å². The number of benzene rings is 2. The van der Waals surface area contributed by atoms with Gasteiger partial charge in [0.2, 0.25) is 0 Å². The maximum absolute atomic E-state index is 14.1. The van der Waals surface area contributed by atoms with Crippen molar-refractivity contribution in [3.05, 3.63) is 60.0 Å². The largest absolute Gasteiger partial charge is 0.494 e. The summed E-state index contributed by atoms with van der Waals surface area (Å²) in [6, 6.07) is 13.2. The van der Waals surface area contributed by atoms with Gasteiger partial charge < -0.3 is 14.5 Å². The molecule has 1 aliphatic heterocycles. The molecule has 1 saturated heterocycles. The lowest BCUT2D eigenvalue weighted by atomic mass is 10.1. The summed E-state index contributed by atoms with van der Waals surface area (Å²) in [6.07, 6.45) is 4.23. The van der Waals surface area contributed by atoms with E-state index in [4.69, 9.17) is 9.47 Å². The van der Waals surface area contributed by atoms with Gasteiger partial charge in [0.1, 0.15) is 0 Å². The summed E-state index contributed by atoms with van der Waals surface area (Å²) in [7, 11) is 1.46. The molecule has 4 aromatic rings. The number of hydrogen-bond donors (Lipinski definition) is 1. The number of ether oxygens (including phenoxy) is 2. The number of aromatic amines is 1. The zero-order valence-electron chi connectivity index (χ0n) is 17.2. The molecule has 1 fully saturated rings. The van der Waals surface area contributed by atoms with Crippen molar-refractivity contribution >= 4 is 22.7 Å². The van der Waals surface area contributed by atoms with Crippen LogP contribution in [0.1, 0.15) is 18.4 Å². The predicted octanol–water partition coefficient (Wildman–Crippen LogP) is 5.05. The molecule has 1 atom stereocenters. The number of nitrogens with one attached hydrogen (secondary N) is 1. The van der Waals surface area contributed by atoms with Crippen LogP contribution in [0.25, 0.3) is 22.3 Å². The number of aromatic nitrogens is 4. The first-order valence-corrected chi connectivity index (χ1v) is 11.3. The number of hydrogen-bond acceptors (Lipinski definition) is 5. The Labute approximate surface area is 183 Å². The van der Waals surface area contributed by atoms with Crippen LogP contribution in [0.3, 0.4) is 0 Å². The highest BCUT2D eigenvalue weighted by Crippen LogP contribution is 2.32. The second-order valence-corrected chi connectivity index (χ2v) is 8.50. The molecule has 0 amide bonds. The fraction of sp³-hybridized carbons (Fsp3) is 0.304. The van der Waals surface area contributed by atoms with E-state index in [1.54, 1.807) is 17.8 Å². The first-order valence-electron chi connectivity index (χ1n) is 10.3. The molecule has 2 aromatic carbocycles. The summed E-state index contributed by atoms with van der Waals surface area (Å²) in [4.78, 5) is 3.32. The lowest BCUT2D eigenvalue weighted by Crippen LogP contribution is -2.16. The minimum Gasteiger partial charge on any atom is -0.494 e. The molecule has 0 saturated carbocycles. The molecule has 160 valence electrons. The van der Waals surface area contributed by atoms with E-state index in [1.807, 2.05) is 30.5 Å². The Hall–Kier alpha value is -2.84. The quantitative estimate of drug-likeness (QED) is 0.409. The first kappa shape index (κ1) is 20.1. The average molecular weight is 439 g/mol. The van der Waals surface area contributed by atoms with E-state index in [1.165, 1.54) is 13.2 Å². The highest BCUT2D eigenvalue weighted by molar-refractivity contribution is 7.98. The maximum Gasteiger partial charge on any atom is 0.191 e. The van der Waals surface area contributed by atoms with Gasteiger partial charge in [-0.1, -0.05) is 36.0 Å². The zero-order chi connectivity index (χ0) is 21.2. The Kier molecular flexibility index (Phi) is 5.65. The highest BCUT2D eigenvalue weighted by atomic mass is 32.2. The minimum absolute atomic E-state index is 0.151. The van der Waals surface area contributed by atoms with Crippen LogP contribution in [0.5, 0.6) is 5.75 Å². The third kappa shape index (κ3) is 4.05. The van der Waals surface area contributed by atoms with E-state index in [2.05, 4.69) is 25.8 Å². The van der Waals surface area contributed by atoms with E-state index in [9.17, 15) is 4.39 Å². The molecule has 1 N–H and O–H groups in total. The molecule has 0 bridgehead atoms. The van der Waals surface area contributed by atoms with Crippen LogP contribution in [-0.2, 0) is 17.0 Å². The standard InChI is InChI=1S/C23H23FN4O2S/c1-29-21-9-8-15(11-19(21)24)14-31-23-27-26-22(28(23)13-16-5-4-10-30-16)18-12-25-20-7-3-2-6-17(18)20/h2-3,6-9,11-12,16,25H,4-5,10,13-14H2,1H3. The van der Waals surface area contributed by atoms with Crippen LogP contribution in [0.15, 0.2) is 53.8 Å². The third-order valence-electron chi connectivity index (χ3n) is 5.54. The summed E-state index contributed by atoms with van der Waals surface area (Å²) < 4.78 is 27.1. The van der Waals surface area contributed by atoms with Crippen LogP contribution in [0.4, 0.5) is 4.39 Å². The van der Waals surface area contributed by atoms with Crippen molar-refractivity contribution in [2.24, 2.45) is 0 Å². The number of halogens is 1. The number of nitrogens with zero attached hydrogens (tertiary/aromatic N) is 3. The Balaban J connectivity index is 1.46. The number of H-pyrrole nitrogens is 1. The second kappa shape index (κ2) is 8.72. The van der Waals surface area contributed by atoms with Gasteiger partial charge in [-0.2, -0.15) is 0 Å². The highest BCUT2D eigenvalue weighted by Gasteiger charge is 2.23. The van der Waals surface area contributed by atoms with Crippen molar-refractivity contribution in [3.63, 3.8) is 0 Å². The SMILES string of the molecule is COc1ccc(CSc2nnc(-c3c[nH]c4ccccc34)n2CC2CCCO2)cc1F. The van der Waals surface area contributed by atoms with Gasteiger partial charge in [0.25, 0.3) is 0 Å². The number of methoxy groups -OCH3 is 1. The van der Waals surface area contributed by atoms with E-state index in [-0.39, 0.29) is 17.7 Å². The molecular formula is C23H23FN4O2S. The van der Waals surface area contributed by atoms with Crippen molar-refractivity contribution in [1.82, 2.24) is 19.7 Å². The topological polar surface area (TPSA) is 65.0 Å².